The van der Waals surface area contributed by atoms with Crippen LogP contribution in [0.4, 0.5) is 9.18 Å². The first-order chi connectivity index (χ1) is 9.79. The van der Waals surface area contributed by atoms with Crippen molar-refractivity contribution in [1.29, 1.82) is 0 Å². The Hall–Kier alpha value is -1.67. The number of likely N-dealkylation sites (tertiary alicyclic amines) is 1. The standard InChI is InChI=1S/C13H16FNO5S/c1-9-2-4-12(5-3-9)21(18,19)20-8-11-6-10(14)7-15(11)13(16)17/h2-5,10-11H,6-8H2,1H3,(H,16,17)/t10-,11-/m0/s1. The maximum absolute atomic E-state index is 13.3. The molecule has 2 atom stereocenters. The number of aryl methyl sites for hydroxylation is 1. The van der Waals surface area contributed by atoms with Gasteiger partial charge in [-0.15, -0.1) is 0 Å². The van der Waals surface area contributed by atoms with Crippen LogP contribution in [-0.2, 0) is 14.3 Å². The van der Waals surface area contributed by atoms with Gasteiger partial charge in [0, 0.05) is 6.42 Å². The summed E-state index contributed by atoms with van der Waals surface area (Å²) in [6.45, 7) is 1.18. The predicted octanol–water partition coefficient (Wildman–Crippen LogP) is 1.79. The van der Waals surface area contributed by atoms with Crippen LogP contribution in [0.2, 0.25) is 0 Å². The summed E-state index contributed by atoms with van der Waals surface area (Å²) in [6.07, 6.45) is -2.64. The highest BCUT2D eigenvalue weighted by atomic mass is 32.2. The van der Waals surface area contributed by atoms with E-state index in [0.717, 1.165) is 10.5 Å². The first kappa shape index (κ1) is 15.7. The van der Waals surface area contributed by atoms with Crippen LogP contribution >= 0.6 is 0 Å². The Kier molecular flexibility index (Phi) is 4.48. The molecule has 0 saturated carbocycles. The summed E-state index contributed by atoms with van der Waals surface area (Å²) in [5.41, 5.74) is 0.905. The highest BCUT2D eigenvalue weighted by Gasteiger charge is 2.36. The Balaban J connectivity index is 2.04. The predicted molar refractivity (Wildman–Crippen MR) is 72.3 cm³/mol. The maximum atomic E-state index is 13.3. The normalized spacial score (nSPS) is 22.5. The fourth-order valence-electron chi connectivity index (χ4n) is 2.19. The number of carbonyl (C=O) groups is 1. The third-order valence-electron chi connectivity index (χ3n) is 3.33. The van der Waals surface area contributed by atoms with Crippen molar-refractivity contribution in [2.45, 2.75) is 30.5 Å². The smallest absolute Gasteiger partial charge is 0.407 e. The van der Waals surface area contributed by atoms with Crippen LogP contribution in [0.15, 0.2) is 29.2 Å². The third kappa shape index (κ3) is 3.70. The molecule has 0 radical (unpaired) electrons. The van der Waals surface area contributed by atoms with E-state index in [0.29, 0.717) is 0 Å². The molecule has 21 heavy (non-hydrogen) atoms. The van der Waals surface area contributed by atoms with E-state index >= 15 is 0 Å². The van der Waals surface area contributed by atoms with Gasteiger partial charge in [0.05, 0.1) is 24.1 Å². The van der Waals surface area contributed by atoms with E-state index in [4.69, 9.17) is 9.29 Å². The molecule has 1 amide bonds. The van der Waals surface area contributed by atoms with Gasteiger partial charge >= 0.3 is 6.09 Å². The summed E-state index contributed by atoms with van der Waals surface area (Å²) < 4.78 is 42.1. The highest BCUT2D eigenvalue weighted by molar-refractivity contribution is 7.86. The van der Waals surface area contributed by atoms with Gasteiger partial charge in [0.15, 0.2) is 0 Å². The molecule has 2 rings (SSSR count). The van der Waals surface area contributed by atoms with Crippen LogP contribution in [0.5, 0.6) is 0 Å². The van der Waals surface area contributed by atoms with Crippen molar-refractivity contribution in [1.82, 2.24) is 4.90 Å². The number of nitrogens with zero attached hydrogens (tertiary/aromatic N) is 1. The number of benzene rings is 1. The van der Waals surface area contributed by atoms with Gasteiger partial charge in [-0.1, -0.05) is 17.7 Å². The zero-order chi connectivity index (χ0) is 15.6. The number of rotatable bonds is 4. The van der Waals surface area contributed by atoms with Gasteiger partial charge in [0.1, 0.15) is 6.17 Å². The summed E-state index contributed by atoms with van der Waals surface area (Å²) in [5, 5.41) is 8.93. The lowest BCUT2D eigenvalue weighted by Gasteiger charge is -2.20. The molecule has 1 heterocycles. The van der Waals surface area contributed by atoms with Crippen LogP contribution in [0.1, 0.15) is 12.0 Å². The molecule has 0 unspecified atom stereocenters. The average Bonchev–Trinajstić information content (AvgIpc) is 2.79. The molecule has 0 spiro atoms. The van der Waals surface area contributed by atoms with E-state index in [2.05, 4.69) is 0 Å². The molecule has 8 heteroatoms. The summed E-state index contributed by atoms with van der Waals surface area (Å²) >= 11 is 0. The van der Waals surface area contributed by atoms with Crippen molar-refractivity contribution in [3.8, 4) is 0 Å². The number of hydrogen-bond donors (Lipinski definition) is 1. The number of hydrogen-bond acceptors (Lipinski definition) is 4. The Morgan fingerprint density at radius 3 is 2.62 bits per heavy atom. The van der Waals surface area contributed by atoms with Crippen LogP contribution < -0.4 is 0 Å². The van der Waals surface area contributed by atoms with Crippen LogP contribution in [0.25, 0.3) is 0 Å². The van der Waals surface area contributed by atoms with Crippen molar-refractivity contribution in [3.05, 3.63) is 29.8 Å². The van der Waals surface area contributed by atoms with Crippen molar-refractivity contribution in [3.63, 3.8) is 0 Å². The van der Waals surface area contributed by atoms with Crippen LogP contribution in [0, 0.1) is 6.92 Å². The first-order valence-electron chi connectivity index (χ1n) is 6.39. The van der Waals surface area contributed by atoms with Crippen molar-refractivity contribution < 1.29 is 26.9 Å². The minimum absolute atomic E-state index is 0.00947. The molecular formula is C13H16FNO5S. The lowest BCUT2D eigenvalue weighted by atomic mass is 10.2. The van der Waals surface area contributed by atoms with Crippen LogP contribution in [0.3, 0.4) is 0 Å². The summed E-state index contributed by atoms with van der Waals surface area (Å²) in [6, 6.07) is 5.29. The molecule has 1 N–H and O–H groups in total. The molecular weight excluding hydrogens is 301 g/mol. The average molecular weight is 317 g/mol. The lowest BCUT2D eigenvalue weighted by molar-refractivity contribution is 0.123. The summed E-state index contributed by atoms with van der Waals surface area (Å²) in [5.74, 6) is 0. The number of carboxylic acid groups (broad SMARTS) is 1. The molecule has 0 bridgehead atoms. The second-order valence-corrected chi connectivity index (χ2v) is 6.59. The minimum Gasteiger partial charge on any atom is -0.465 e. The van der Waals surface area contributed by atoms with E-state index in [1.165, 1.54) is 12.1 Å². The molecule has 6 nitrogen and oxygen atoms in total. The molecule has 0 aromatic heterocycles. The van der Waals surface area contributed by atoms with Gasteiger partial charge in [-0.05, 0) is 19.1 Å². The quantitative estimate of drug-likeness (QED) is 0.856. The topological polar surface area (TPSA) is 83.9 Å². The van der Waals surface area contributed by atoms with Crippen molar-refractivity contribution >= 4 is 16.2 Å². The third-order valence-corrected chi connectivity index (χ3v) is 4.63. The van der Waals surface area contributed by atoms with Gasteiger partial charge in [0.2, 0.25) is 0 Å². The molecule has 116 valence electrons. The molecule has 1 aliphatic rings. The Morgan fingerprint density at radius 2 is 2.05 bits per heavy atom. The van der Waals surface area contributed by atoms with Gasteiger partial charge in [-0.3, -0.25) is 9.08 Å². The van der Waals surface area contributed by atoms with Gasteiger partial charge in [0.25, 0.3) is 10.1 Å². The number of halogens is 1. The van der Waals surface area contributed by atoms with E-state index in [1.807, 2.05) is 6.92 Å². The van der Waals surface area contributed by atoms with E-state index in [9.17, 15) is 17.6 Å². The first-order valence-corrected chi connectivity index (χ1v) is 7.80. The maximum Gasteiger partial charge on any atom is 0.407 e. The number of alkyl halides is 1. The zero-order valence-electron chi connectivity index (χ0n) is 11.4. The zero-order valence-corrected chi connectivity index (χ0v) is 12.2. The minimum atomic E-state index is -3.97. The van der Waals surface area contributed by atoms with Crippen LogP contribution in [-0.4, -0.2) is 49.9 Å². The summed E-state index contributed by atoms with van der Waals surface area (Å²) in [4.78, 5) is 11.8. The monoisotopic (exact) mass is 317 g/mol. The van der Waals surface area contributed by atoms with Gasteiger partial charge in [-0.25, -0.2) is 9.18 Å². The Morgan fingerprint density at radius 1 is 1.43 bits per heavy atom. The SMILES string of the molecule is Cc1ccc(S(=O)(=O)OC[C@@H]2C[C@H](F)CN2C(=O)O)cc1. The second-order valence-electron chi connectivity index (χ2n) is 4.97. The van der Waals surface area contributed by atoms with Gasteiger partial charge in [-0.2, -0.15) is 8.42 Å². The molecule has 1 fully saturated rings. The largest absolute Gasteiger partial charge is 0.465 e. The molecule has 1 aliphatic heterocycles. The second kappa shape index (κ2) is 5.98. The Bertz CT molecular complexity index is 616. The van der Waals surface area contributed by atoms with Crippen molar-refractivity contribution in [2.75, 3.05) is 13.2 Å². The van der Waals surface area contributed by atoms with Crippen molar-refractivity contribution in [2.24, 2.45) is 0 Å². The fourth-order valence-corrected chi connectivity index (χ4v) is 3.13. The Labute approximate surface area is 122 Å². The molecule has 0 aliphatic carbocycles. The van der Waals surface area contributed by atoms with Gasteiger partial charge < -0.3 is 5.11 Å². The molecule has 1 saturated heterocycles. The van der Waals surface area contributed by atoms with E-state index in [1.54, 1.807) is 12.1 Å². The fraction of sp³-hybridized carbons (Fsp3) is 0.462. The highest BCUT2D eigenvalue weighted by Crippen LogP contribution is 2.22. The summed E-state index contributed by atoms with van der Waals surface area (Å²) in [7, 11) is -3.97. The molecule has 1 aromatic carbocycles. The number of amides is 1. The van der Waals surface area contributed by atoms with E-state index in [-0.39, 0.29) is 24.5 Å². The lowest BCUT2D eigenvalue weighted by Crippen LogP contribution is -2.37. The molecule has 1 aromatic rings. The van der Waals surface area contributed by atoms with E-state index < -0.39 is 28.4 Å².